The summed E-state index contributed by atoms with van der Waals surface area (Å²) >= 11 is 0. The minimum Gasteiger partial charge on any atom is -0.382 e. The van der Waals surface area contributed by atoms with Crippen LogP contribution < -0.4 is 15.5 Å². The van der Waals surface area contributed by atoms with Gasteiger partial charge in [0, 0.05) is 36.7 Å². The maximum Gasteiger partial charge on any atom is 0.152 e. The summed E-state index contributed by atoms with van der Waals surface area (Å²) in [6.07, 6.45) is 6.77. The molecule has 31 heavy (non-hydrogen) atoms. The van der Waals surface area contributed by atoms with Gasteiger partial charge in [-0.15, -0.1) is 0 Å². The van der Waals surface area contributed by atoms with Gasteiger partial charge >= 0.3 is 0 Å². The van der Waals surface area contributed by atoms with Gasteiger partial charge in [-0.25, -0.2) is 19.3 Å². The minimum absolute atomic E-state index is 0.0141. The van der Waals surface area contributed by atoms with Crippen LogP contribution >= 0.6 is 0 Å². The number of anilines is 3. The summed E-state index contributed by atoms with van der Waals surface area (Å²) in [6, 6.07) is 9.06. The highest BCUT2D eigenvalue weighted by Gasteiger charge is 2.33. The third-order valence-corrected chi connectivity index (χ3v) is 6.30. The Morgan fingerprint density at radius 1 is 1.03 bits per heavy atom. The van der Waals surface area contributed by atoms with Crippen molar-refractivity contribution in [1.82, 2.24) is 15.0 Å². The molecular weight excluding hydrogens is 393 g/mol. The van der Waals surface area contributed by atoms with Gasteiger partial charge in [-0.1, -0.05) is 0 Å². The third kappa shape index (κ3) is 3.50. The molecule has 8 heteroatoms. The molecule has 3 aromatic rings. The van der Waals surface area contributed by atoms with E-state index in [2.05, 4.69) is 31.9 Å². The van der Waals surface area contributed by atoms with Crippen LogP contribution in [0.4, 0.5) is 21.8 Å². The Bertz CT molecular complexity index is 1170. The number of benzene rings is 1. The van der Waals surface area contributed by atoms with Crippen LogP contribution in [0.1, 0.15) is 49.3 Å². The SMILES string of the molecule is N#Cc1c(N)ncnc1N1CCCC1c1cc2ccc(F)cc2nc1N1CCCCC1. The van der Waals surface area contributed by atoms with E-state index >= 15 is 0 Å². The molecule has 5 rings (SSSR count). The molecule has 0 saturated carbocycles. The maximum absolute atomic E-state index is 13.9. The van der Waals surface area contributed by atoms with Gasteiger partial charge < -0.3 is 15.5 Å². The predicted octanol–water partition coefficient (Wildman–Crippen LogP) is 3.95. The van der Waals surface area contributed by atoms with Gasteiger partial charge in [0.1, 0.15) is 35.4 Å². The highest BCUT2D eigenvalue weighted by molar-refractivity contribution is 5.82. The molecule has 4 heterocycles. The molecule has 2 aliphatic heterocycles. The van der Waals surface area contributed by atoms with Crippen molar-refractivity contribution in [3.8, 4) is 6.07 Å². The van der Waals surface area contributed by atoms with E-state index in [0.29, 0.717) is 16.9 Å². The van der Waals surface area contributed by atoms with Crippen LogP contribution in [0.3, 0.4) is 0 Å². The minimum atomic E-state index is -0.282. The van der Waals surface area contributed by atoms with Crippen LogP contribution in [-0.2, 0) is 0 Å². The quantitative estimate of drug-likeness (QED) is 0.689. The summed E-state index contributed by atoms with van der Waals surface area (Å²) in [5, 5.41) is 10.6. The first-order chi connectivity index (χ1) is 15.2. The van der Waals surface area contributed by atoms with Crippen LogP contribution in [0.2, 0.25) is 0 Å². The van der Waals surface area contributed by atoms with Gasteiger partial charge in [0.25, 0.3) is 0 Å². The van der Waals surface area contributed by atoms with E-state index in [9.17, 15) is 9.65 Å². The molecule has 2 N–H and O–H groups in total. The molecule has 1 aromatic carbocycles. The zero-order valence-electron chi connectivity index (χ0n) is 17.3. The fraction of sp³-hybridized carbons (Fsp3) is 0.391. The van der Waals surface area contributed by atoms with E-state index in [-0.39, 0.29) is 17.7 Å². The largest absolute Gasteiger partial charge is 0.382 e. The van der Waals surface area contributed by atoms with E-state index in [1.54, 1.807) is 6.07 Å². The number of nitrogens with two attached hydrogens (primary N) is 1. The number of nitriles is 1. The first-order valence-corrected chi connectivity index (χ1v) is 10.8. The van der Waals surface area contributed by atoms with Crippen LogP contribution in [-0.4, -0.2) is 34.6 Å². The second-order valence-electron chi connectivity index (χ2n) is 8.21. The predicted molar refractivity (Wildman–Crippen MR) is 118 cm³/mol. The number of fused-ring (bicyclic) bond motifs is 1. The van der Waals surface area contributed by atoms with Crippen LogP contribution in [0, 0.1) is 17.1 Å². The number of rotatable bonds is 3. The molecule has 2 saturated heterocycles. The number of nitrogen functional groups attached to an aromatic ring is 1. The summed E-state index contributed by atoms with van der Waals surface area (Å²) < 4.78 is 13.9. The van der Waals surface area contributed by atoms with Crippen LogP contribution in [0.5, 0.6) is 0 Å². The highest BCUT2D eigenvalue weighted by Crippen LogP contribution is 2.42. The maximum atomic E-state index is 13.9. The molecule has 0 aliphatic carbocycles. The van der Waals surface area contributed by atoms with Crippen molar-refractivity contribution >= 4 is 28.4 Å². The number of nitrogens with zero attached hydrogens (tertiary/aromatic N) is 6. The van der Waals surface area contributed by atoms with Gasteiger partial charge in [0.2, 0.25) is 0 Å². The Kier molecular flexibility index (Phi) is 5.02. The van der Waals surface area contributed by atoms with Gasteiger partial charge in [0.05, 0.1) is 11.6 Å². The molecular formula is C23H24FN7. The molecule has 2 aliphatic rings. The lowest BCUT2D eigenvalue weighted by Gasteiger charge is -2.34. The van der Waals surface area contributed by atoms with E-state index in [4.69, 9.17) is 10.7 Å². The summed E-state index contributed by atoms with van der Waals surface area (Å²) in [4.78, 5) is 17.8. The van der Waals surface area contributed by atoms with Gasteiger partial charge in [0.15, 0.2) is 5.82 Å². The van der Waals surface area contributed by atoms with E-state index in [0.717, 1.165) is 62.1 Å². The van der Waals surface area contributed by atoms with Crippen molar-refractivity contribution in [1.29, 1.82) is 5.26 Å². The molecule has 2 fully saturated rings. The Morgan fingerprint density at radius 3 is 2.68 bits per heavy atom. The number of hydrogen-bond acceptors (Lipinski definition) is 7. The summed E-state index contributed by atoms with van der Waals surface area (Å²) in [7, 11) is 0. The van der Waals surface area contributed by atoms with Crippen molar-refractivity contribution in [3.63, 3.8) is 0 Å². The Hall–Kier alpha value is -3.47. The first kappa shape index (κ1) is 19.5. The number of halogens is 1. The Labute approximate surface area is 180 Å². The zero-order valence-corrected chi connectivity index (χ0v) is 17.3. The molecule has 158 valence electrons. The molecule has 0 amide bonds. The van der Waals surface area contributed by atoms with Crippen LogP contribution in [0.25, 0.3) is 10.9 Å². The standard InChI is InChI=1S/C23H24FN7/c24-16-7-6-15-11-17(23(29-19(15)12-16)30-8-2-1-3-9-30)20-5-4-10-31(20)22-18(13-25)21(26)27-14-28-22/h6-7,11-12,14,20H,1-5,8-10H2,(H2,26,27,28). The monoisotopic (exact) mass is 417 g/mol. The number of hydrogen-bond donors (Lipinski definition) is 1. The topological polar surface area (TPSA) is 95.0 Å². The number of aromatic nitrogens is 3. The van der Waals surface area contributed by atoms with Gasteiger partial charge in [-0.05, 0) is 50.3 Å². The number of piperidine rings is 1. The molecule has 0 radical (unpaired) electrons. The fourth-order valence-corrected chi connectivity index (χ4v) is 4.81. The van der Waals surface area contributed by atoms with Crippen molar-refractivity contribution < 1.29 is 4.39 Å². The lowest BCUT2D eigenvalue weighted by Crippen LogP contribution is -2.33. The lowest BCUT2D eigenvalue weighted by atomic mass is 10.0. The first-order valence-electron chi connectivity index (χ1n) is 10.8. The zero-order chi connectivity index (χ0) is 21.4. The molecule has 0 bridgehead atoms. The van der Waals surface area contributed by atoms with Crippen molar-refractivity contribution in [3.05, 3.63) is 47.5 Å². The number of pyridine rings is 1. The third-order valence-electron chi connectivity index (χ3n) is 6.30. The highest BCUT2D eigenvalue weighted by atomic mass is 19.1. The lowest BCUT2D eigenvalue weighted by molar-refractivity contribution is 0.568. The van der Waals surface area contributed by atoms with Crippen LogP contribution in [0.15, 0.2) is 30.6 Å². The van der Waals surface area contributed by atoms with Gasteiger partial charge in [-0.2, -0.15) is 5.26 Å². The van der Waals surface area contributed by atoms with Crippen molar-refractivity contribution in [2.45, 2.75) is 38.1 Å². The van der Waals surface area contributed by atoms with E-state index in [1.165, 1.54) is 24.9 Å². The fourth-order valence-electron chi connectivity index (χ4n) is 4.81. The van der Waals surface area contributed by atoms with E-state index in [1.807, 2.05) is 0 Å². The van der Waals surface area contributed by atoms with Crippen molar-refractivity contribution in [2.75, 3.05) is 35.2 Å². The van der Waals surface area contributed by atoms with E-state index < -0.39 is 0 Å². The average molecular weight is 417 g/mol. The molecule has 2 aromatic heterocycles. The smallest absolute Gasteiger partial charge is 0.152 e. The normalized spacial score (nSPS) is 19.0. The van der Waals surface area contributed by atoms with Gasteiger partial charge in [-0.3, -0.25) is 0 Å². The summed E-state index contributed by atoms with van der Waals surface area (Å²) in [5.41, 5.74) is 8.03. The van der Waals surface area contributed by atoms with Crippen molar-refractivity contribution in [2.24, 2.45) is 0 Å². The molecule has 1 atom stereocenters. The molecule has 0 spiro atoms. The summed E-state index contributed by atoms with van der Waals surface area (Å²) in [5.74, 6) is 1.40. The molecule has 7 nitrogen and oxygen atoms in total. The second kappa shape index (κ2) is 7.99. The second-order valence-corrected chi connectivity index (χ2v) is 8.21. The Balaban J connectivity index is 1.65. The average Bonchev–Trinajstić information content (AvgIpc) is 3.28. The molecule has 1 unspecified atom stereocenters. The Morgan fingerprint density at radius 2 is 1.87 bits per heavy atom. The summed E-state index contributed by atoms with van der Waals surface area (Å²) in [6.45, 7) is 2.66.